The summed E-state index contributed by atoms with van der Waals surface area (Å²) in [5.41, 5.74) is -0.442. The van der Waals surface area contributed by atoms with Gasteiger partial charge in [0.15, 0.2) is 5.82 Å². The first-order valence-corrected chi connectivity index (χ1v) is 11.1. The van der Waals surface area contributed by atoms with E-state index in [0.717, 1.165) is 18.4 Å². The monoisotopic (exact) mass is 446 g/mol. The molecular weight excluding hydrogens is 425 g/mol. The van der Waals surface area contributed by atoms with Crippen molar-refractivity contribution in [2.75, 3.05) is 12.8 Å². The largest absolute Gasteiger partial charge is 0.416 e. The molecule has 3 rings (SSSR count). The van der Waals surface area contributed by atoms with Crippen molar-refractivity contribution in [2.24, 2.45) is 0 Å². The highest BCUT2D eigenvalue weighted by Gasteiger charge is 2.35. The third-order valence-electron chi connectivity index (χ3n) is 4.72. The molecule has 1 aromatic carbocycles. The van der Waals surface area contributed by atoms with E-state index >= 15 is 0 Å². The number of nitrogens with zero attached hydrogens (tertiary/aromatic N) is 3. The lowest BCUT2D eigenvalue weighted by Gasteiger charge is -2.18. The fourth-order valence-electron chi connectivity index (χ4n) is 3.27. The Hall–Kier alpha value is -2.47. The molecule has 2 heterocycles. The van der Waals surface area contributed by atoms with Crippen LogP contribution in [-0.2, 0) is 34.0 Å². The molecule has 0 bridgehead atoms. The smallest absolute Gasteiger partial charge is 0.352 e. The van der Waals surface area contributed by atoms with E-state index in [9.17, 15) is 26.4 Å². The number of benzene rings is 1. The Morgan fingerprint density at radius 3 is 2.83 bits per heavy atom. The van der Waals surface area contributed by atoms with Crippen molar-refractivity contribution in [3.8, 4) is 0 Å². The molecule has 1 unspecified atom stereocenters. The average Bonchev–Trinajstić information content (AvgIpc) is 3.33. The molecule has 0 aliphatic carbocycles. The summed E-state index contributed by atoms with van der Waals surface area (Å²) in [5, 5.41) is 6.39. The summed E-state index contributed by atoms with van der Waals surface area (Å²) in [6, 6.07) is 4.25. The number of amides is 1. The van der Waals surface area contributed by atoms with E-state index in [2.05, 4.69) is 15.5 Å². The van der Waals surface area contributed by atoms with Gasteiger partial charge in [-0.05, 0) is 30.5 Å². The predicted octanol–water partition coefficient (Wildman–Crippen LogP) is 2.43. The first-order chi connectivity index (χ1) is 14.0. The molecular formula is C18H21F3N4O4S. The number of sulfonamides is 1. The number of aromatic nitrogens is 2. The van der Waals surface area contributed by atoms with E-state index in [1.54, 1.807) is 0 Å². The molecule has 1 amide bonds. The van der Waals surface area contributed by atoms with Crippen LogP contribution in [0.1, 0.15) is 48.1 Å². The SMILES string of the molecule is CS(=O)(=O)N1CCCC1c1noc(CCC(=O)NCc2cccc(C(F)(F)F)c2)n1. The second-order valence-corrected chi connectivity index (χ2v) is 8.99. The maximum absolute atomic E-state index is 12.7. The van der Waals surface area contributed by atoms with E-state index in [-0.39, 0.29) is 37.0 Å². The highest BCUT2D eigenvalue weighted by atomic mass is 32.2. The van der Waals surface area contributed by atoms with Crippen LogP contribution in [-0.4, -0.2) is 41.6 Å². The van der Waals surface area contributed by atoms with Crippen LogP contribution in [0.5, 0.6) is 0 Å². The molecule has 1 saturated heterocycles. The van der Waals surface area contributed by atoms with Crippen molar-refractivity contribution in [3.63, 3.8) is 0 Å². The lowest BCUT2D eigenvalue weighted by molar-refractivity contribution is -0.137. The van der Waals surface area contributed by atoms with Gasteiger partial charge in [-0.25, -0.2) is 8.42 Å². The lowest BCUT2D eigenvalue weighted by atomic mass is 10.1. The van der Waals surface area contributed by atoms with E-state index in [1.807, 2.05) is 0 Å². The molecule has 1 fully saturated rings. The minimum Gasteiger partial charge on any atom is -0.352 e. The zero-order chi connectivity index (χ0) is 21.9. The number of nitrogens with one attached hydrogen (secondary N) is 1. The molecule has 1 N–H and O–H groups in total. The molecule has 30 heavy (non-hydrogen) atoms. The van der Waals surface area contributed by atoms with Crippen molar-refractivity contribution >= 4 is 15.9 Å². The Balaban J connectivity index is 1.51. The molecule has 1 aliphatic rings. The molecule has 1 atom stereocenters. The summed E-state index contributed by atoms with van der Waals surface area (Å²) in [7, 11) is -3.39. The van der Waals surface area contributed by atoms with Gasteiger partial charge in [-0.2, -0.15) is 22.5 Å². The minimum atomic E-state index is -4.44. The van der Waals surface area contributed by atoms with Crippen LogP contribution in [0.25, 0.3) is 0 Å². The van der Waals surface area contributed by atoms with Crippen LogP contribution in [0, 0.1) is 0 Å². The lowest BCUT2D eigenvalue weighted by Crippen LogP contribution is -2.30. The third-order valence-corrected chi connectivity index (χ3v) is 6.01. The van der Waals surface area contributed by atoms with Crippen molar-refractivity contribution in [1.82, 2.24) is 19.8 Å². The second kappa shape index (κ2) is 8.72. The van der Waals surface area contributed by atoms with Crippen molar-refractivity contribution in [1.29, 1.82) is 0 Å². The zero-order valence-corrected chi connectivity index (χ0v) is 17.0. The van der Waals surface area contributed by atoms with E-state index in [0.29, 0.717) is 24.9 Å². The molecule has 1 aliphatic heterocycles. The van der Waals surface area contributed by atoms with Gasteiger partial charge >= 0.3 is 6.18 Å². The number of halogens is 3. The minimum absolute atomic E-state index is 0.00104. The molecule has 0 saturated carbocycles. The van der Waals surface area contributed by atoms with Gasteiger partial charge in [0, 0.05) is 25.9 Å². The van der Waals surface area contributed by atoms with E-state index in [4.69, 9.17) is 4.52 Å². The van der Waals surface area contributed by atoms with Crippen molar-refractivity contribution in [2.45, 2.75) is 44.4 Å². The number of aryl methyl sites for hydroxylation is 1. The zero-order valence-electron chi connectivity index (χ0n) is 16.1. The molecule has 164 valence electrons. The number of alkyl halides is 3. The second-order valence-electron chi connectivity index (χ2n) is 7.05. The summed E-state index contributed by atoms with van der Waals surface area (Å²) < 4.78 is 68.3. The van der Waals surface area contributed by atoms with Gasteiger partial charge in [-0.15, -0.1) is 0 Å². The van der Waals surface area contributed by atoms with Crippen LogP contribution < -0.4 is 5.32 Å². The summed E-state index contributed by atoms with van der Waals surface area (Å²) in [5.74, 6) is 0.0719. The summed E-state index contributed by atoms with van der Waals surface area (Å²) >= 11 is 0. The summed E-state index contributed by atoms with van der Waals surface area (Å²) in [4.78, 5) is 16.2. The molecule has 2 aromatic rings. The normalized spacial score (nSPS) is 17.9. The Morgan fingerprint density at radius 1 is 1.37 bits per heavy atom. The molecule has 12 heteroatoms. The third kappa shape index (κ3) is 5.57. The number of hydrogen-bond donors (Lipinski definition) is 1. The average molecular weight is 446 g/mol. The number of hydrogen-bond acceptors (Lipinski definition) is 6. The predicted molar refractivity (Wildman–Crippen MR) is 99.4 cm³/mol. The van der Waals surface area contributed by atoms with Crippen LogP contribution in [0.4, 0.5) is 13.2 Å². The quantitative estimate of drug-likeness (QED) is 0.700. The van der Waals surface area contributed by atoms with Crippen LogP contribution >= 0.6 is 0 Å². The standard InChI is InChI=1S/C18H21F3N4O4S/c1-30(27,28)25-9-3-6-14(25)17-23-16(29-24-17)8-7-15(26)22-11-12-4-2-5-13(10-12)18(19,20)21/h2,4-5,10,14H,3,6-9,11H2,1H3,(H,22,26). The van der Waals surface area contributed by atoms with Gasteiger partial charge in [0.25, 0.3) is 0 Å². The summed E-state index contributed by atoms with van der Waals surface area (Å²) in [6.07, 6.45) is -1.90. The maximum Gasteiger partial charge on any atom is 0.416 e. The van der Waals surface area contributed by atoms with Gasteiger partial charge < -0.3 is 9.84 Å². The van der Waals surface area contributed by atoms with Gasteiger partial charge in [-0.1, -0.05) is 17.3 Å². The Kier molecular flexibility index (Phi) is 6.46. The first-order valence-electron chi connectivity index (χ1n) is 9.26. The number of carbonyl (C=O) groups is 1. The van der Waals surface area contributed by atoms with Crippen molar-refractivity contribution < 1.29 is 30.9 Å². The highest BCUT2D eigenvalue weighted by Crippen LogP contribution is 2.32. The van der Waals surface area contributed by atoms with E-state index < -0.39 is 27.8 Å². The Morgan fingerprint density at radius 2 is 2.13 bits per heavy atom. The molecule has 8 nitrogen and oxygen atoms in total. The fraction of sp³-hybridized carbons (Fsp3) is 0.500. The molecule has 0 spiro atoms. The van der Waals surface area contributed by atoms with Gasteiger partial charge in [0.1, 0.15) is 0 Å². The maximum atomic E-state index is 12.7. The first kappa shape index (κ1) is 22.2. The van der Waals surface area contributed by atoms with Crippen LogP contribution in [0.2, 0.25) is 0 Å². The van der Waals surface area contributed by atoms with Crippen LogP contribution in [0.15, 0.2) is 28.8 Å². The van der Waals surface area contributed by atoms with Gasteiger partial charge in [0.05, 0.1) is 17.9 Å². The van der Waals surface area contributed by atoms with E-state index in [1.165, 1.54) is 16.4 Å². The van der Waals surface area contributed by atoms with Gasteiger partial charge in [-0.3, -0.25) is 4.79 Å². The topological polar surface area (TPSA) is 105 Å². The number of carbonyl (C=O) groups excluding carboxylic acids is 1. The van der Waals surface area contributed by atoms with Crippen LogP contribution in [0.3, 0.4) is 0 Å². The van der Waals surface area contributed by atoms with Crippen molar-refractivity contribution in [3.05, 3.63) is 47.1 Å². The fourth-order valence-corrected chi connectivity index (χ4v) is 4.39. The molecule has 1 aromatic heterocycles. The summed E-state index contributed by atoms with van der Waals surface area (Å²) in [6.45, 7) is 0.356. The Labute approximate surface area is 171 Å². The molecule has 0 radical (unpaired) electrons. The Bertz CT molecular complexity index is 1010. The highest BCUT2D eigenvalue weighted by molar-refractivity contribution is 7.88. The number of rotatable bonds is 7. The van der Waals surface area contributed by atoms with Gasteiger partial charge in [0.2, 0.25) is 21.8 Å².